The normalized spacial score (nSPS) is 17.0. The molecule has 0 saturated heterocycles. The lowest BCUT2D eigenvalue weighted by Crippen LogP contribution is -2.53. The van der Waals surface area contributed by atoms with E-state index in [1.54, 1.807) is 0 Å². The van der Waals surface area contributed by atoms with E-state index in [1.165, 1.54) is 13.3 Å². The molecule has 1 aromatic carbocycles. The SMILES string of the molecule is CC(=O)Nc1ccccc1CNC1(CO)CCC1. The van der Waals surface area contributed by atoms with Crippen molar-refractivity contribution < 1.29 is 9.90 Å². The number of benzene rings is 1. The lowest BCUT2D eigenvalue weighted by Gasteiger charge is -2.41. The Balaban J connectivity index is 2.02. The number of carbonyl (C=O) groups excluding carboxylic acids is 1. The summed E-state index contributed by atoms with van der Waals surface area (Å²) in [5.41, 5.74) is 1.78. The summed E-state index contributed by atoms with van der Waals surface area (Å²) in [6.45, 7) is 2.34. The van der Waals surface area contributed by atoms with E-state index < -0.39 is 0 Å². The van der Waals surface area contributed by atoms with Gasteiger partial charge in [0.25, 0.3) is 0 Å². The van der Waals surface area contributed by atoms with Gasteiger partial charge < -0.3 is 15.7 Å². The maximum absolute atomic E-state index is 11.1. The highest BCUT2D eigenvalue weighted by Crippen LogP contribution is 2.31. The van der Waals surface area contributed by atoms with E-state index in [9.17, 15) is 9.90 Å². The van der Waals surface area contributed by atoms with Gasteiger partial charge in [-0.05, 0) is 30.9 Å². The smallest absolute Gasteiger partial charge is 0.221 e. The molecular formula is C14H20N2O2. The van der Waals surface area contributed by atoms with Gasteiger partial charge in [-0.1, -0.05) is 18.2 Å². The monoisotopic (exact) mass is 248 g/mol. The second-order valence-electron chi connectivity index (χ2n) is 4.98. The van der Waals surface area contributed by atoms with Crippen molar-refractivity contribution >= 4 is 11.6 Å². The Kier molecular flexibility index (Phi) is 3.99. The fraction of sp³-hybridized carbons (Fsp3) is 0.500. The van der Waals surface area contributed by atoms with Crippen molar-refractivity contribution in [2.45, 2.75) is 38.3 Å². The fourth-order valence-electron chi connectivity index (χ4n) is 2.26. The maximum Gasteiger partial charge on any atom is 0.221 e. The first kappa shape index (κ1) is 13.1. The average Bonchev–Trinajstić information content (AvgIpc) is 2.29. The minimum absolute atomic E-state index is 0.0667. The molecule has 1 aromatic rings. The number of amides is 1. The highest BCUT2D eigenvalue weighted by Gasteiger charge is 2.35. The van der Waals surface area contributed by atoms with E-state index in [0.717, 1.165) is 24.1 Å². The third-order valence-electron chi connectivity index (χ3n) is 3.60. The van der Waals surface area contributed by atoms with Crippen LogP contribution in [0.5, 0.6) is 0 Å². The van der Waals surface area contributed by atoms with Crippen LogP contribution in [0.3, 0.4) is 0 Å². The zero-order valence-electron chi connectivity index (χ0n) is 10.7. The van der Waals surface area contributed by atoms with Crippen LogP contribution >= 0.6 is 0 Å². The van der Waals surface area contributed by atoms with E-state index in [2.05, 4.69) is 10.6 Å². The van der Waals surface area contributed by atoms with Crippen LogP contribution in [0.15, 0.2) is 24.3 Å². The molecule has 0 aromatic heterocycles. The van der Waals surface area contributed by atoms with Gasteiger partial charge in [0.2, 0.25) is 5.91 Å². The van der Waals surface area contributed by atoms with Crippen LogP contribution in [0, 0.1) is 0 Å². The summed E-state index contributed by atoms with van der Waals surface area (Å²) in [7, 11) is 0. The van der Waals surface area contributed by atoms with Crippen LogP contribution in [0.4, 0.5) is 5.69 Å². The molecule has 1 aliphatic rings. The largest absolute Gasteiger partial charge is 0.394 e. The van der Waals surface area contributed by atoms with Gasteiger partial charge in [0.1, 0.15) is 0 Å². The van der Waals surface area contributed by atoms with Crippen LogP contribution in [0.2, 0.25) is 0 Å². The molecule has 98 valence electrons. The summed E-state index contributed by atoms with van der Waals surface area (Å²) in [4.78, 5) is 11.1. The summed E-state index contributed by atoms with van der Waals surface area (Å²) in [6.07, 6.45) is 3.21. The molecule has 0 atom stereocenters. The summed E-state index contributed by atoms with van der Waals surface area (Å²) < 4.78 is 0. The number of hydrogen-bond acceptors (Lipinski definition) is 3. The van der Waals surface area contributed by atoms with Gasteiger partial charge >= 0.3 is 0 Å². The lowest BCUT2D eigenvalue weighted by molar-refractivity contribution is -0.114. The predicted molar refractivity (Wildman–Crippen MR) is 71.3 cm³/mol. The molecule has 1 aliphatic carbocycles. The van der Waals surface area contributed by atoms with Gasteiger partial charge in [-0.15, -0.1) is 0 Å². The van der Waals surface area contributed by atoms with Crippen molar-refractivity contribution in [1.82, 2.24) is 5.32 Å². The third kappa shape index (κ3) is 2.89. The lowest BCUT2D eigenvalue weighted by atomic mass is 9.77. The zero-order chi connectivity index (χ0) is 13.0. The highest BCUT2D eigenvalue weighted by atomic mass is 16.3. The van der Waals surface area contributed by atoms with Gasteiger partial charge in [-0.2, -0.15) is 0 Å². The Morgan fingerprint density at radius 2 is 2.11 bits per heavy atom. The van der Waals surface area contributed by atoms with Gasteiger partial charge in [0.15, 0.2) is 0 Å². The van der Waals surface area contributed by atoms with Crippen molar-refractivity contribution in [1.29, 1.82) is 0 Å². The molecular weight excluding hydrogens is 228 g/mol. The van der Waals surface area contributed by atoms with E-state index >= 15 is 0 Å². The topological polar surface area (TPSA) is 61.4 Å². The van der Waals surface area contributed by atoms with Crippen LogP contribution < -0.4 is 10.6 Å². The number of aliphatic hydroxyl groups is 1. The van der Waals surface area contributed by atoms with Crippen molar-refractivity contribution in [2.75, 3.05) is 11.9 Å². The molecule has 0 radical (unpaired) electrons. The quantitative estimate of drug-likeness (QED) is 0.742. The Hall–Kier alpha value is -1.39. The van der Waals surface area contributed by atoms with Gasteiger partial charge in [-0.3, -0.25) is 4.79 Å². The average molecular weight is 248 g/mol. The number of hydrogen-bond donors (Lipinski definition) is 3. The van der Waals surface area contributed by atoms with E-state index in [0.29, 0.717) is 6.54 Å². The minimum Gasteiger partial charge on any atom is -0.394 e. The molecule has 0 spiro atoms. The first-order chi connectivity index (χ1) is 8.65. The Morgan fingerprint density at radius 3 is 2.67 bits per heavy atom. The van der Waals surface area contributed by atoms with Crippen LogP contribution in [-0.2, 0) is 11.3 Å². The standard InChI is InChI=1S/C14H20N2O2/c1-11(18)16-13-6-3-2-5-12(13)9-15-14(10-17)7-4-8-14/h2-3,5-6,15,17H,4,7-10H2,1H3,(H,16,18). The summed E-state index contributed by atoms with van der Waals surface area (Å²) in [5.74, 6) is -0.0667. The van der Waals surface area contributed by atoms with Crippen molar-refractivity contribution in [3.05, 3.63) is 29.8 Å². The maximum atomic E-state index is 11.1. The molecule has 4 heteroatoms. The van der Waals surface area contributed by atoms with E-state index in [-0.39, 0.29) is 18.1 Å². The zero-order valence-corrected chi connectivity index (χ0v) is 10.7. The molecule has 3 N–H and O–H groups in total. The van der Waals surface area contributed by atoms with Crippen molar-refractivity contribution in [3.63, 3.8) is 0 Å². The molecule has 18 heavy (non-hydrogen) atoms. The molecule has 2 rings (SSSR count). The first-order valence-electron chi connectivity index (χ1n) is 6.37. The molecule has 1 amide bonds. The number of carbonyl (C=O) groups is 1. The van der Waals surface area contributed by atoms with Gasteiger partial charge in [-0.25, -0.2) is 0 Å². The van der Waals surface area contributed by atoms with Crippen molar-refractivity contribution in [2.24, 2.45) is 0 Å². The number of nitrogens with one attached hydrogen (secondary N) is 2. The minimum atomic E-state index is -0.108. The van der Waals surface area contributed by atoms with Gasteiger partial charge in [0.05, 0.1) is 6.61 Å². The van der Waals surface area contributed by atoms with Crippen LogP contribution in [0.1, 0.15) is 31.7 Å². The van der Waals surface area contributed by atoms with Crippen LogP contribution in [-0.4, -0.2) is 23.2 Å². The molecule has 0 aliphatic heterocycles. The van der Waals surface area contributed by atoms with Crippen LogP contribution in [0.25, 0.3) is 0 Å². The molecule has 4 nitrogen and oxygen atoms in total. The summed E-state index contributed by atoms with van der Waals surface area (Å²) in [6, 6.07) is 7.74. The number of para-hydroxylation sites is 1. The first-order valence-corrected chi connectivity index (χ1v) is 6.37. The van der Waals surface area contributed by atoms with E-state index in [4.69, 9.17) is 0 Å². The Morgan fingerprint density at radius 1 is 1.39 bits per heavy atom. The Labute approximate surface area is 107 Å². The third-order valence-corrected chi connectivity index (χ3v) is 3.60. The van der Waals surface area contributed by atoms with Crippen molar-refractivity contribution in [3.8, 4) is 0 Å². The Bertz CT molecular complexity index is 422. The molecule has 0 heterocycles. The van der Waals surface area contributed by atoms with Gasteiger partial charge in [0, 0.05) is 24.7 Å². The second-order valence-corrected chi connectivity index (χ2v) is 4.98. The number of rotatable bonds is 5. The number of aliphatic hydroxyl groups excluding tert-OH is 1. The molecule has 1 fully saturated rings. The molecule has 1 saturated carbocycles. The predicted octanol–water partition coefficient (Wildman–Crippen LogP) is 1.65. The number of anilines is 1. The fourth-order valence-corrected chi connectivity index (χ4v) is 2.26. The summed E-state index contributed by atoms with van der Waals surface area (Å²) >= 11 is 0. The summed E-state index contributed by atoms with van der Waals surface area (Å²) in [5, 5.41) is 15.6. The molecule has 0 bridgehead atoms. The van der Waals surface area contributed by atoms with E-state index in [1.807, 2.05) is 24.3 Å². The second kappa shape index (κ2) is 5.50. The molecule has 0 unspecified atom stereocenters. The highest BCUT2D eigenvalue weighted by molar-refractivity contribution is 5.89.